The van der Waals surface area contributed by atoms with Crippen LogP contribution in [-0.4, -0.2) is 47.5 Å². The van der Waals surface area contributed by atoms with E-state index in [0.717, 1.165) is 6.54 Å². The average Bonchev–Trinajstić information content (AvgIpc) is 3.13. The Morgan fingerprint density at radius 3 is 2.56 bits per heavy atom. The fraction of sp³-hybridized carbons (Fsp3) is 0.917. The maximum atomic E-state index is 12.0. The van der Waals surface area contributed by atoms with Crippen LogP contribution < -0.4 is 5.32 Å². The number of hydrogen-bond acceptors (Lipinski definition) is 3. The molecule has 1 saturated carbocycles. The van der Waals surface area contributed by atoms with Gasteiger partial charge in [-0.3, -0.25) is 4.79 Å². The van der Waals surface area contributed by atoms with Crippen molar-refractivity contribution < 1.29 is 4.79 Å². The van der Waals surface area contributed by atoms with E-state index in [-0.39, 0.29) is 0 Å². The minimum atomic E-state index is 0.295. The van der Waals surface area contributed by atoms with Crippen LogP contribution in [0.1, 0.15) is 32.6 Å². The quantitative estimate of drug-likeness (QED) is 0.792. The summed E-state index contributed by atoms with van der Waals surface area (Å²) in [5.41, 5.74) is 0. The smallest absolute Gasteiger partial charge is 0.236 e. The highest BCUT2D eigenvalue weighted by Crippen LogP contribution is 2.26. The molecule has 0 aromatic rings. The summed E-state index contributed by atoms with van der Waals surface area (Å²) in [5, 5.41) is 3.41. The molecular formula is C12H22N2OS. The maximum absolute atomic E-state index is 12.0. The molecule has 1 amide bonds. The van der Waals surface area contributed by atoms with Gasteiger partial charge in [-0.1, -0.05) is 0 Å². The summed E-state index contributed by atoms with van der Waals surface area (Å²) < 4.78 is 0. The molecule has 2 aliphatic rings. The van der Waals surface area contributed by atoms with Gasteiger partial charge in [-0.05, 0) is 44.1 Å². The van der Waals surface area contributed by atoms with Gasteiger partial charge in [0.15, 0.2) is 0 Å². The van der Waals surface area contributed by atoms with Crippen molar-refractivity contribution in [2.24, 2.45) is 0 Å². The molecule has 0 radical (unpaired) electrons. The zero-order chi connectivity index (χ0) is 11.4. The fourth-order valence-corrected chi connectivity index (χ4v) is 3.37. The van der Waals surface area contributed by atoms with Gasteiger partial charge in [0.1, 0.15) is 0 Å². The van der Waals surface area contributed by atoms with E-state index in [2.05, 4.69) is 12.2 Å². The Morgan fingerprint density at radius 1 is 1.31 bits per heavy atom. The summed E-state index contributed by atoms with van der Waals surface area (Å²) in [5.74, 6) is 2.78. The zero-order valence-corrected chi connectivity index (χ0v) is 10.9. The molecule has 0 aromatic heterocycles. The van der Waals surface area contributed by atoms with Gasteiger partial charge >= 0.3 is 0 Å². The summed E-state index contributed by atoms with van der Waals surface area (Å²) in [6, 6.07) is 1.13. The van der Waals surface area contributed by atoms with E-state index in [1.54, 1.807) is 0 Å². The third-order valence-corrected chi connectivity index (χ3v) is 4.46. The van der Waals surface area contributed by atoms with Gasteiger partial charge in [0.25, 0.3) is 0 Å². The highest BCUT2D eigenvalue weighted by molar-refractivity contribution is 7.99. The van der Waals surface area contributed by atoms with Crippen LogP contribution in [0.15, 0.2) is 0 Å². The Bertz CT molecular complexity index is 237. The molecule has 0 aromatic carbocycles. The second-order valence-corrected chi connectivity index (χ2v) is 5.90. The van der Waals surface area contributed by atoms with Crippen molar-refractivity contribution >= 4 is 17.7 Å². The molecule has 1 saturated heterocycles. The predicted molar refractivity (Wildman–Crippen MR) is 68.8 cm³/mol. The molecule has 2 fully saturated rings. The number of hydrogen-bond donors (Lipinski definition) is 1. The number of carbonyl (C=O) groups excluding carboxylic acids is 1. The summed E-state index contributed by atoms with van der Waals surface area (Å²) in [7, 11) is 0. The van der Waals surface area contributed by atoms with Crippen molar-refractivity contribution in [1.82, 2.24) is 10.2 Å². The van der Waals surface area contributed by atoms with Crippen molar-refractivity contribution in [2.45, 2.75) is 44.7 Å². The molecule has 3 nitrogen and oxygen atoms in total. The molecule has 0 unspecified atom stereocenters. The summed E-state index contributed by atoms with van der Waals surface area (Å²) >= 11 is 2.02. The van der Waals surface area contributed by atoms with Gasteiger partial charge in [-0.25, -0.2) is 0 Å². The molecule has 0 spiro atoms. The molecule has 0 bridgehead atoms. The Morgan fingerprint density at radius 2 is 2.00 bits per heavy atom. The lowest BCUT2D eigenvalue weighted by atomic mass is 10.1. The second kappa shape index (κ2) is 5.92. The zero-order valence-electron chi connectivity index (χ0n) is 10.1. The molecule has 1 N–H and O–H groups in total. The SMILES string of the molecule is CCN(C(=O)CNC1CCSCC1)C1CC1. The van der Waals surface area contributed by atoms with Crippen molar-refractivity contribution in [3.05, 3.63) is 0 Å². The van der Waals surface area contributed by atoms with E-state index in [9.17, 15) is 4.79 Å². The topological polar surface area (TPSA) is 32.3 Å². The molecule has 1 aliphatic carbocycles. The third kappa shape index (κ3) is 3.39. The number of carbonyl (C=O) groups is 1. The minimum absolute atomic E-state index is 0.295. The third-order valence-electron chi connectivity index (χ3n) is 3.41. The van der Waals surface area contributed by atoms with E-state index < -0.39 is 0 Å². The van der Waals surface area contributed by atoms with E-state index in [0.29, 0.717) is 24.5 Å². The molecule has 16 heavy (non-hydrogen) atoms. The number of nitrogens with one attached hydrogen (secondary N) is 1. The van der Waals surface area contributed by atoms with Crippen LogP contribution in [0.4, 0.5) is 0 Å². The molecule has 1 heterocycles. The van der Waals surface area contributed by atoms with E-state index >= 15 is 0 Å². The standard InChI is InChI=1S/C12H22N2OS/c1-2-14(11-3-4-11)12(15)9-13-10-5-7-16-8-6-10/h10-11,13H,2-9H2,1H3. The van der Waals surface area contributed by atoms with Gasteiger partial charge in [0.05, 0.1) is 6.54 Å². The lowest BCUT2D eigenvalue weighted by Gasteiger charge is -2.25. The van der Waals surface area contributed by atoms with Gasteiger partial charge in [0, 0.05) is 18.6 Å². The Hall–Kier alpha value is -0.220. The first-order valence-corrected chi connectivity index (χ1v) is 7.57. The monoisotopic (exact) mass is 242 g/mol. The Balaban J connectivity index is 1.69. The molecule has 0 atom stereocenters. The minimum Gasteiger partial charge on any atom is -0.339 e. The largest absolute Gasteiger partial charge is 0.339 e. The van der Waals surface area contributed by atoms with Crippen LogP contribution in [0.25, 0.3) is 0 Å². The summed E-state index contributed by atoms with van der Waals surface area (Å²) in [6.45, 7) is 3.48. The van der Waals surface area contributed by atoms with Crippen molar-refractivity contribution in [3.63, 3.8) is 0 Å². The maximum Gasteiger partial charge on any atom is 0.236 e. The number of thioether (sulfide) groups is 1. The molecule has 1 aliphatic heterocycles. The van der Waals surface area contributed by atoms with E-state index in [4.69, 9.17) is 0 Å². The van der Waals surface area contributed by atoms with Gasteiger partial charge < -0.3 is 10.2 Å². The molecule has 92 valence electrons. The van der Waals surface area contributed by atoms with Crippen LogP contribution in [0, 0.1) is 0 Å². The van der Waals surface area contributed by atoms with Crippen LogP contribution in [-0.2, 0) is 4.79 Å². The van der Waals surface area contributed by atoms with E-state index in [1.165, 1.54) is 37.2 Å². The number of nitrogens with zero attached hydrogens (tertiary/aromatic N) is 1. The highest BCUT2D eigenvalue weighted by atomic mass is 32.2. The lowest BCUT2D eigenvalue weighted by molar-refractivity contribution is -0.130. The second-order valence-electron chi connectivity index (χ2n) is 4.68. The predicted octanol–water partition coefficient (Wildman–Crippen LogP) is 1.48. The van der Waals surface area contributed by atoms with Crippen LogP contribution >= 0.6 is 11.8 Å². The lowest BCUT2D eigenvalue weighted by Crippen LogP contribution is -2.43. The number of amides is 1. The van der Waals surface area contributed by atoms with Crippen molar-refractivity contribution in [1.29, 1.82) is 0 Å². The van der Waals surface area contributed by atoms with Crippen LogP contribution in [0.5, 0.6) is 0 Å². The number of likely N-dealkylation sites (N-methyl/N-ethyl adjacent to an activating group) is 1. The van der Waals surface area contributed by atoms with Crippen molar-refractivity contribution in [3.8, 4) is 0 Å². The normalized spacial score (nSPS) is 22.1. The molecule has 4 heteroatoms. The fourth-order valence-electron chi connectivity index (χ4n) is 2.26. The average molecular weight is 242 g/mol. The first-order chi connectivity index (χ1) is 7.81. The van der Waals surface area contributed by atoms with Gasteiger partial charge in [0.2, 0.25) is 5.91 Å². The van der Waals surface area contributed by atoms with E-state index in [1.807, 2.05) is 16.7 Å². The summed E-state index contributed by atoms with van der Waals surface area (Å²) in [4.78, 5) is 14.0. The Kier molecular flexibility index (Phi) is 4.53. The van der Waals surface area contributed by atoms with Crippen LogP contribution in [0.2, 0.25) is 0 Å². The molecule has 2 rings (SSSR count). The Labute approximate surface area is 102 Å². The highest BCUT2D eigenvalue weighted by Gasteiger charge is 2.31. The van der Waals surface area contributed by atoms with Gasteiger partial charge in [-0.15, -0.1) is 0 Å². The van der Waals surface area contributed by atoms with Crippen LogP contribution in [0.3, 0.4) is 0 Å². The summed E-state index contributed by atoms with van der Waals surface area (Å²) in [6.07, 6.45) is 4.85. The first kappa shape index (κ1) is 12.2. The van der Waals surface area contributed by atoms with Gasteiger partial charge in [-0.2, -0.15) is 11.8 Å². The first-order valence-electron chi connectivity index (χ1n) is 6.42. The number of rotatable bonds is 5. The van der Waals surface area contributed by atoms with Crippen molar-refractivity contribution in [2.75, 3.05) is 24.6 Å². The molecular weight excluding hydrogens is 220 g/mol.